The molecule has 3 aromatic heterocycles. The van der Waals surface area contributed by atoms with Crippen molar-refractivity contribution in [2.24, 2.45) is 0 Å². The summed E-state index contributed by atoms with van der Waals surface area (Å²) in [6, 6.07) is -0.0165. The van der Waals surface area contributed by atoms with Crippen LogP contribution in [0.3, 0.4) is 0 Å². The van der Waals surface area contributed by atoms with Gasteiger partial charge in [0.15, 0.2) is 0 Å². The number of thiazole rings is 1. The molecule has 0 saturated carbocycles. The normalized spacial score (nSPS) is 12.5. The minimum absolute atomic E-state index is 0.0165. The van der Waals surface area contributed by atoms with Gasteiger partial charge in [-0.05, 0) is 25.4 Å². The molecule has 9 heteroatoms. The molecule has 0 aliphatic rings. The summed E-state index contributed by atoms with van der Waals surface area (Å²) in [6.07, 6.45) is 1.49. The first-order chi connectivity index (χ1) is 9.65. The van der Waals surface area contributed by atoms with E-state index in [-0.39, 0.29) is 6.04 Å². The number of hydrogen-bond acceptors (Lipinski definition) is 8. The van der Waals surface area contributed by atoms with Crippen molar-refractivity contribution in [1.82, 2.24) is 24.5 Å². The van der Waals surface area contributed by atoms with Crippen LogP contribution in [0.2, 0.25) is 0 Å². The van der Waals surface area contributed by atoms with Crippen LogP contribution in [0.15, 0.2) is 11.7 Å². The molecule has 1 atom stereocenters. The fourth-order valence-corrected chi connectivity index (χ4v) is 3.49. The lowest BCUT2D eigenvalue weighted by atomic mass is 10.3. The zero-order valence-corrected chi connectivity index (χ0v) is 12.5. The quantitative estimate of drug-likeness (QED) is 0.683. The van der Waals surface area contributed by atoms with Crippen molar-refractivity contribution in [2.75, 3.05) is 11.1 Å². The molecule has 0 amide bonds. The number of aryl methyl sites for hydroxylation is 1. The van der Waals surface area contributed by atoms with E-state index < -0.39 is 0 Å². The molecule has 3 heterocycles. The Morgan fingerprint density at radius 1 is 1.45 bits per heavy atom. The number of nitrogen functional groups attached to an aromatic ring is 1. The molecule has 4 N–H and O–H groups in total. The average molecular weight is 307 g/mol. The summed E-state index contributed by atoms with van der Waals surface area (Å²) in [7, 11) is 0. The van der Waals surface area contributed by atoms with Crippen LogP contribution >= 0.6 is 22.9 Å². The number of aromatic amines is 1. The summed E-state index contributed by atoms with van der Waals surface area (Å²) in [5.41, 5.74) is 7.80. The van der Waals surface area contributed by atoms with Crippen LogP contribution in [0.1, 0.15) is 24.5 Å². The van der Waals surface area contributed by atoms with Crippen LogP contribution in [0.25, 0.3) is 10.6 Å². The third kappa shape index (κ3) is 2.37. The standard InChI is InChI=1S/C11H13N7S2/c1-5-3-19-10(15-5)7-8(12)18-20-11(7)16-6(2)9-13-4-14-17-9/h3-4,6,16H,1-2H3,(H2,12,18)(H,13,14,17). The lowest BCUT2D eigenvalue weighted by Gasteiger charge is -2.11. The van der Waals surface area contributed by atoms with Crippen LogP contribution in [0.5, 0.6) is 0 Å². The first-order valence-corrected chi connectivity index (χ1v) is 7.60. The van der Waals surface area contributed by atoms with Gasteiger partial charge in [0.05, 0.1) is 11.6 Å². The molecule has 0 bridgehead atoms. The molecule has 3 rings (SSSR count). The number of nitrogens with two attached hydrogens (primary N) is 1. The maximum atomic E-state index is 5.97. The Morgan fingerprint density at radius 2 is 2.30 bits per heavy atom. The van der Waals surface area contributed by atoms with Crippen LogP contribution in [-0.2, 0) is 0 Å². The number of nitrogens with zero attached hydrogens (tertiary/aromatic N) is 4. The van der Waals surface area contributed by atoms with Crippen molar-refractivity contribution >= 4 is 33.7 Å². The van der Waals surface area contributed by atoms with E-state index in [1.54, 1.807) is 11.3 Å². The van der Waals surface area contributed by atoms with Crippen molar-refractivity contribution in [3.8, 4) is 10.6 Å². The minimum Gasteiger partial charge on any atom is -0.382 e. The minimum atomic E-state index is -0.0165. The van der Waals surface area contributed by atoms with E-state index in [2.05, 4.69) is 29.9 Å². The largest absolute Gasteiger partial charge is 0.382 e. The molecule has 0 aliphatic carbocycles. The van der Waals surface area contributed by atoms with E-state index in [1.807, 2.05) is 19.2 Å². The van der Waals surface area contributed by atoms with Crippen molar-refractivity contribution in [1.29, 1.82) is 0 Å². The molecule has 3 aromatic rings. The average Bonchev–Trinajstić information content (AvgIpc) is 3.11. The second kappa shape index (κ2) is 5.17. The van der Waals surface area contributed by atoms with Gasteiger partial charge in [0.1, 0.15) is 28.0 Å². The van der Waals surface area contributed by atoms with E-state index in [1.165, 1.54) is 17.9 Å². The molecular formula is C11H13N7S2. The molecule has 0 saturated heterocycles. The second-order valence-electron chi connectivity index (χ2n) is 4.30. The summed E-state index contributed by atoms with van der Waals surface area (Å²) >= 11 is 2.88. The highest BCUT2D eigenvalue weighted by Gasteiger charge is 2.19. The summed E-state index contributed by atoms with van der Waals surface area (Å²) in [5, 5.41) is 13.8. The molecule has 7 nitrogen and oxygen atoms in total. The summed E-state index contributed by atoms with van der Waals surface area (Å²) in [4.78, 5) is 8.61. The Bertz CT molecular complexity index is 700. The number of rotatable bonds is 4. The van der Waals surface area contributed by atoms with Crippen molar-refractivity contribution in [3.05, 3.63) is 23.2 Å². The second-order valence-corrected chi connectivity index (χ2v) is 5.93. The van der Waals surface area contributed by atoms with Crippen molar-refractivity contribution in [3.63, 3.8) is 0 Å². The molecule has 20 heavy (non-hydrogen) atoms. The van der Waals surface area contributed by atoms with Gasteiger partial charge < -0.3 is 11.1 Å². The summed E-state index contributed by atoms with van der Waals surface area (Å²) < 4.78 is 4.21. The SMILES string of the molecule is Cc1csc(-c2c(N)nsc2NC(C)c2ncn[nH]2)n1. The van der Waals surface area contributed by atoms with Crippen LogP contribution in [0, 0.1) is 6.92 Å². The van der Waals surface area contributed by atoms with E-state index in [0.29, 0.717) is 5.82 Å². The molecule has 0 spiro atoms. The highest BCUT2D eigenvalue weighted by Crippen LogP contribution is 2.39. The highest BCUT2D eigenvalue weighted by atomic mass is 32.1. The van der Waals surface area contributed by atoms with Gasteiger partial charge in [-0.15, -0.1) is 11.3 Å². The van der Waals surface area contributed by atoms with E-state index in [4.69, 9.17) is 5.73 Å². The fourth-order valence-electron chi connectivity index (χ4n) is 1.76. The first-order valence-electron chi connectivity index (χ1n) is 5.94. The number of hydrogen-bond donors (Lipinski definition) is 3. The molecule has 0 aromatic carbocycles. The third-order valence-electron chi connectivity index (χ3n) is 2.74. The number of nitrogens with one attached hydrogen (secondary N) is 2. The van der Waals surface area contributed by atoms with Gasteiger partial charge in [-0.25, -0.2) is 9.97 Å². The van der Waals surface area contributed by atoms with Crippen LogP contribution in [-0.4, -0.2) is 24.5 Å². The van der Waals surface area contributed by atoms with Crippen LogP contribution < -0.4 is 11.1 Å². The maximum Gasteiger partial charge on any atom is 0.149 e. The topological polar surface area (TPSA) is 105 Å². The number of H-pyrrole nitrogens is 1. The third-order valence-corrected chi connectivity index (χ3v) is 4.51. The molecule has 1 unspecified atom stereocenters. The van der Waals surface area contributed by atoms with Crippen LogP contribution in [0.4, 0.5) is 10.8 Å². The predicted molar refractivity (Wildman–Crippen MR) is 80.8 cm³/mol. The molecule has 104 valence electrons. The number of aromatic nitrogens is 5. The zero-order valence-electron chi connectivity index (χ0n) is 10.9. The predicted octanol–water partition coefficient (Wildman–Crippen LogP) is 2.45. The highest BCUT2D eigenvalue weighted by molar-refractivity contribution is 7.15. The fraction of sp³-hybridized carbons (Fsp3) is 0.273. The molecule has 0 fully saturated rings. The Kier molecular flexibility index (Phi) is 3.36. The van der Waals surface area contributed by atoms with Crippen molar-refractivity contribution < 1.29 is 0 Å². The van der Waals surface area contributed by atoms with Gasteiger partial charge in [0.25, 0.3) is 0 Å². The van der Waals surface area contributed by atoms with Crippen molar-refractivity contribution in [2.45, 2.75) is 19.9 Å². The van der Waals surface area contributed by atoms with E-state index in [9.17, 15) is 0 Å². The molecular weight excluding hydrogens is 294 g/mol. The lowest BCUT2D eigenvalue weighted by Crippen LogP contribution is -2.08. The Balaban J connectivity index is 1.91. The van der Waals surface area contributed by atoms with E-state index >= 15 is 0 Å². The monoisotopic (exact) mass is 307 g/mol. The van der Waals surface area contributed by atoms with Gasteiger partial charge in [0, 0.05) is 11.1 Å². The van der Waals surface area contributed by atoms with Gasteiger partial charge in [-0.2, -0.15) is 9.47 Å². The summed E-state index contributed by atoms with van der Waals surface area (Å²) in [5.74, 6) is 1.26. The zero-order chi connectivity index (χ0) is 14.1. The first kappa shape index (κ1) is 13.0. The molecule has 0 radical (unpaired) electrons. The van der Waals surface area contributed by atoms with Gasteiger partial charge in [-0.3, -0.25) is 5.10 Å². The Labute approximate surface area is 123 Å². The van der Waals surface area contributed by atoms with E-state index in [0.717, 1.165) is 27.1 Å². The number of anilines is 2. The smallest absolute Gasteiger partial charge is 0.149 e. The van der Waals surface area contributed by atoms with Gasteiger partial charge >= 0.3 is 0 Å². The van der Waals surface area contributed by atoms with Gasteiger partial charge in [-0.1, -0.05) is 0 Å². The molecule has 0 aliphatic heterocycles. The Hall–Kier alpha value is -2.00. The summed E-state index contributed by atoms with van der Waals surface area (Å²) in [6.45, 7) is 3.95. The lowest BCUT2D eigenvalue weighted by molar-refractivity contribution is 0.799. The maximum absolute atomic E-state index is 5.97. The Morgan fingerprint density at radius 3 is 2.95 bits per heavy atom. The van der Waals surface area contributed by atoms with Gasteiger partial charge in [0.2, 0.25) is 0 Å².